The van der Waals surface area contributed by atoms with Crippen LogP contribution in [0.25, 0.3) is 5.69 Å². The van der Waals surface area contributed by atoms with Gasteiger partial charge in [-0.05, 0) is 30.2 Å². The van der Waals surface area contributed by atoms with Crippen LogP contribution in [0.4, 0.5) is 0 Å². The summed E-state index contributed by atoms with van der Waals surface area (Å²) >= 11 is 0. The van der Waals surface area contributed by atoms with Crippen LogP contribution in [0.3, 0.4) is 0 Å². The molecule has 1 aromatic carbocycles. The lowest BCUT2D eigenvalue weighted by Gasteiger charge is -2.05. The molecule has 5 heteroatoms. The first-order valence-electron chi connectivity index (χ1n) is 6.07. The number of benzene rings is 1. The molecule has 0 aliphatic carbocycles. The Morgan fingerprint density at radius 2 is 2.05 bits per heavy atom. The zero-order valence-electron chi connectivity index (χ0n) is 10.3. The van der Waals surface area contributed by atoms with E-state index in [0.717, 1.165) is 16.9 Å². The van der Waals surface area contributed by atoms with E-state index in [1.54, 1.807) is 23.5 Å². The zero-order valence-corrected chi connectivity index (χ0v) is 10.3. The van der Waals surface area contributed by atoms with Gasteiger partial charge in [-0.1, -0.05) is 18.2 Å². The number of nitrogens with two attached hydrogens (primary N) is 1. The maximum absolute atomic E-state index is 6.12. The molecule has 0 aliphatic heterocycles. The van der Waals surface area contributed by atoms with Gasteiger partial charge in [0.05, 0.1) is 30.5 Å². The van der Waals surface area contributed by atoms with Gasteiger partial charge in [0.15, 0.2) is 0 Å². The Labute approximate surface area is 110 Å². The molecule has 0 amide bonds. The fourth-order valence-corrected chi connectivity index (χ4v) is 1.90. The first kappa shape index (κ1) is 11.7. The molecular formula is C14H14N4O. The summed E-state index contributed by atoms with van der Waals surface area (Å²) in [7, 11) is 0. The van der Waals surface area contributed by atoms with E-state index < -0.39 is 0 Å². The highest BCUT2D eigenvalue weighted by Gasteiger charge is 2.12. The van der Waals surface area contributed by atoms with Crippen molar-refractivity contribution in [2.75, 3.05) is 0 Å². The van der Waals surface area contributed by atoms with Crippen LogP contribution >= 0.6 is 0 Å². The highest BCUT2D eigenvalue weighted by atomic mass is 16.3. The second-order valence-corrected chi connectivity index (χ2v) is 4.34. The molecule has 0 radical (unpaired) electrons. The Hall–Kier alpha value is -2.40. The third kappa shape index (κ3) is 2.56. The van der Waals surface area contributed by atoms with Crippen molar-refractivity contribution in [1.29, 1.82) is 0 Å². The Balaban J connectivity index is 1.78. The summed E-state index contributed by atoms with van der Waals surface area (Å²) in [5, 5.41) is 8.65. The van der Waals surface area contributed by atoms with Crippen molar-refractivity contribution in [1.82, 2.24) is 15.0 Å². The Morgan fingerprint density at radius 3 is 2.79 bits per heavy atom. The topological polar surface area (TPSA) is 69.9 Å². The lowest BCUT2D eigenvalue weighted by atomic mass is 10.1. The van der Waals surface area contributed by atoms with Gasteiger partial charge >= 0.3 is 0 Å². The van der Waals surface area contributed by atoms with Crippen molar-refractivity contribution in [3.63, 3.8) is 0 Å². The molecule has 0 fully saturated rings. The summed E-state index contributed by atoms with van der Waals surface area (Å²) in [6.07, 6.45) is 5.73. The quantitative estimate of drug-likeness (QED) is 0.774. The number of hydrogen-bond acceptors (Lipinski definition) is 4. The minimum Gasteiger partial charge on any atom is -0.472 e. The molecule has 0 spiro atoms. The number of para-hydroxylation sites is 1. The highest BCUT2D eigenvalue weighted by Crippen LogP contribution is 2.14. The van der Waals surface area contributed by atoms with E-state index in [4.69, 9.17) is 10.2 Å². The lowest BCUT2D eigenvalue weighted by Crippen LogP contribution is -2.14. The molecule has 2 heterocycles. The molecule has 2 N–H and O–H groups in total. The van der Waals surface area contributed by atoms with Crippen LogP contribution in [0.2, 0.25) is 0 Å². The van der Waals surface area contributed by atoms with Crippen LogP contribution in [-0.4, -0.2) is 15.0 Å². The summed E-state index contributed by atoms with van der Waals surface area (Å²) in [4.78, 5) is 1.59. The van der Waals surface area contributed by atoms with Crippen LogP contribution in [0.5, 0.6) is 0 Å². The molecule has 3 rings (SSSR count). The normalized spacial score (nSPS) is 12.5. The molecule has 0 bridgehead atoms. The van der Waals surface area contributed by atoms with Gasteiger partial charge < -0.3 is 10.2 Å². The highest BCUT2D eigenvalue weighted by molar-refractivity contribution is 5.28. The Morgan fingerprint density at radius 1 is 1.21 bits per heavy atom. The molecule has 0 saturated heterocycles. The molecule has 3 aromatic rings. The summed E-state index contributed by atoms with van der Waals surface area (Å²) in [5.41, 5.74) is 8.87. The minimum atomic E-state index is -0.185. The van der Waals surface area contributed by atoms with Gasteiger partial charge in [0.1, 0.15) is 5.69 Å². The van der Waals surface area contributed by atoms with Gasteiger partial charge in [-0.15, -0.1) is 0 Å². The van der Waals surface area contributed by atoms with Crippen molar-refractivity contribution < 1.29 is 4.42 Å². The number of hydrogen-bond donors (Lipinski definition) is 1. The molecule has 0 saturated carbocycles. The minimum absolute atomic E-state index is 0.185. The predicted molar refractivity (Wildman–Crippen MR) is 70.7 cm³/mol. The van der Waals surface area contributed by atoms with Crippen LogP contribution in [0, 0.1) is 0 Å². The lowest BCUT2D eigenvalue weighted by molar-refractivity contribution is 0.560. The molecular weight excluding hydrogens is 240 g/mol. The molecule has 96 valence electrons. The SMILES string of the molecule is NC(Cc1ccoc1)c1cnn(-c2ccccc2)n1. The fraction of sp³-hybridized carbons (Fsp3) is 0.143. The predicted octanol–water partition coefficient (Wildman–Crippen LogP) is 2.10. The number of rotatable bonds is 4. The summed E-state index contributed by atoms with van der Waals surface area (Å²) in [6, 6.07) is 11.5. The third-order valence-corrected chi connectivity index (χ3v) is 2.91. The first-order chi connectivity index (χ1) is 9.33. The van der Waals surface area contributed by atoms with Crippen molar-refractivity contribution in [2.24, 2.45) is 5.73 Å². The van der Waals surface area contributed by atoms with E-state index in [1.165, 1.54) is 0 Å². The Kier molecular flexibility index (Phi) is 3.12. The molecule has 19 heavy (non-hydrogen) atoms. The largest absolute Gasteiger partial charge is 0.472 e. The van der Waals surface area contributed by atoms with Crippen molar-refractivity contribution in [2.45, 2.75) is 12.5 Å². The average Bonchev–Trinajstić information content (AvgIpc) is 3.10. The second kappa shape index (κ2) is 5.07. The zero-order chi connectivity index (χ0) is 13.1. The van der Waals surface area contributed by atoms with Crippen molar-refractivity contribution >= 4 is 0 Å². The van der Waals surface area contributed by atoms with Gasteiger partial charge in [-0.25, -0.2) is 0 Å². The summed E-state index contributed by atoms with van der Waals surface area (Å²) in [5.74, 6) is 0. The molecule has 1 atom stereocenters. The summed E-state index contributed by atoms with van der Waals surface area (Å²) in [6.45, 7) is 0. The van der Waals surface area contributed by atoms with Crippen molar-refractivity contribution in [3.8, 4) is 5.69 Å². The van der Waals surface area contributed by atoms with Crippen LogP contribution in [0.15, 0.2) is 59.5 Å². The Bertz CT molecular complexity index is 631. The molecule has 1 unspecified atom stereocenters. The third-order valence-electron chi connectivity index (χ3n) is 2.91. The number of aromatic nitrogens is 3. The van der Waals surface area contributed by atoms with Crippen LogP contribution in [0.1, 0.15) is 17.3 Å². The fourth-order valence-electron chi connectivity index (χ4n) is 1.90. The van der Waals surface area contributed by atoms with Gasteiger partial charge in [-0.2, -0.15) is 15.0 Å². The summed E-state index contributed by atoms with van der Waals surface area (Å²) < 4.78 is 5.03. The van der Waals surface area contributed by atoms with E-state index in [1.807, 2.05) is 36.4 Å². The monoisotopic (exact) mass is 254 g/mol. The standard InChI is InChI=1S/C14H14N4O/c15-13(8-11-6-7-19-10-11)14-9-16-18(17-14)12-4-2-1-3-5-12/h1-7,9-10,13H,8,15H2. The van der Waals surface area contributed by atoms with E-state index in [-0.39, 0.29) is 6.04 Å². The van der Waals surface area contributed by atoms with Gasteiger partial charge in [0.25, 0.3) is 0 Å². The van der Waals surface area contributed by atoms with E-state index in [0.29, 0.717) is 6.42 Å². The van der Waals surface area contributed by atoms with Crippen LogP contribution in [-0.2, 0) is 6.42 Å². The van der Waals surface area contributed by atoms with E-state index >= 15 is 0 Å². The number of furan rings is 1. The van der Waals surface area contributed by atoms with Gasteiger partial charge in [0.2, 0.25) is 0 Å². The smallest absolute Gasteiger partial charge is 0.100 e. The second-order valence-electron chi connectivity index (χ2n) is 4.34. The van der Waals surface area contributed by atoms with E-state index in [9.17, 15) is 0 Å². The van der Waals surface area contributed by atoms with E-state index in [2.05, 4.69) is 10.2 Å². The molecule has 2 aromatic heterocycles. The maximum Gasteiger partial charge on any atom is 0.100 e. The van der Waals surface area contributed by atoms with Crippen LogP contribution < -0.4 is 5.73 Å². The first-order valence-corrected chi connectivity index (χ1v) is 6.07. The number of nitrogens with zero attached hydrogens (tertiary/aromatic N) is 3. The van der Waals surface area contributed by atoms with Gasteiger partial charge in [0, 0.05) is 0 Å². The average molecular weight is 254 g/mol. The molecule has 5 nitrogen and oxygen atoms in total. The maximum atomic E-state index is 6.12. The van der Waals surface area contributed by atoms with Gasteiger partial charge in [-0.3, -0.25) is 0 Å². The molecule has 0 aliphatic rings. The van der Waals surface area contributed by atoms with Crippen molar-refractivity contribution in [3.05, 3.63) is 66.4 Å².